The van der Waals surface area contributed by atoms with E-state index in [1.54, 1.807) is 0 Å². The zero-order valence-electron chi connectivity index (χ0n) is 13.0. The molecule has 2 aromatic carbocycles. The second kappa shape index (κ2) is 6.67. The van der Waals surface area contributed by atoms with E-state index in [0.29, 0.717) is 6.61 Å². The van der Waals surface area contributed by atoms with Crippen molar-refractivity contribution in [2.24, 2.45) is 0 Å². The fourth-order valence-corrected chi connectivity index (χ4v) is 3.07. The lowest BCUT2D eigenvalue weighted by Crippen LogP contribution is -2.12. The van der Waals surface area contributed by atoms with Crippen molar-refractivity contribution in [2.75, 3.05) is 20.6 Å². The van der Waals surface area contributed by atoms with Gasteiger partial charge in [-0.25, -0.2) is 0 Å². The highest BCUT2D eigenvalue weighted by Crippen LogP contribution is 2.38. The fourth-order valence-electron chi connectivity index (χ4n) is 2.73. The zero-order chi connectivity index (χ0) is 15.5. The molecule has 2 nitrogen and oxygen atoms in total. The van der Waals surface area contributed by atoms with Gasteiger partial charge in [0.2, 0.25) is 0 Å². The number of rotatable bonds is 3. The van der Waals surface area contributed by atoms with Crippen LogP contribution in [0.3, 0.4) is 0 Å². The molecule has 114 valence electrons. The maximum atomic E-state index is 6.03. The first-order valence-corrected chi connectivity index (χ1v) is 8.30. The van der Waals surface area contributed by atoms with Gasteiger partial charge in [0.25, 0.3) is 0 Å². The maximum absolute atomic E-state index is 6.03. The summed E-state index contributed by atoms with van der Waals surface area (Å²) in [4.78, 5) is 2.21. The molecule has 0 saturated heterocycles. The van der Waals surface area contributed by atoms with Gasteiger partial charge in [-0.3, -0.25) is 0 Å². The van der Waals surface area contributed by atoms with Gasteiger partial charge < -0.3 is 9.64 Å². The number of ether oxygens (including phenoxy) is 1. The summed E-state index contributed by atoms with van der Waals surface area (Å²) in [7, 11) is 4.21. The molecular weight excluding hydrogens is 338 g/mol. The van der Waals surface area contributed by atoms with Crippen molar-refractivity contribution < 1.29 is 4.74 Å². The molecule has 1 aliphatic heterocycles. The Morgan fingerprint density at radius 2 is 1.95 bits per heavy atom. The molecule has 3 rings (SSSR count). The molecule has 0 atom stereocenters. The highest BCUT2D eigenvalue weighted by Gasteiger charge is 2.18. The van der Waals surface area contributed by atoms with Crippen LogP contribution in [-0.4, -0.2) is 25.5 Å². The minimum atomic E-state index is 0.616. The van der Waals surface area contributed by atoms with Crippen molar-refractivity contribution in [1.29, 1.82) is 0 Å². The third-order valence-electron chi connectivity index (χ3n) is 3.85. The summed E-state index contributed by atoms with van der Waals surface area (Å²) in [5.41, 5.74) is 4.97. The molecule has 0 radical (unpaired) electrons. The predicted molar refractivity (Wildman–Crippen MR) is 95.2 cm³/mol. The quantitative estimate of drug-likeness (QED) is 0.787. The number of hydrogen-bond acceptors (Lipinski definition) is 2. The van der Waals surface area contributed by atoms with E-state index in [9.17, 15) is 0 Å². The summed E-state index contributed by atoms with van der Waals surface area (Å²) in [5, 5.41) is 0. The van der Waals surface area contributed by atoms with Crippen LogP contribution in [0.15, 0.2) is 53.0 Å². The van der Waals surface area contributed by atoms with Crippen LogP contribution in [0.5, 0.6) is 5.75 Å². The topological polar surface area (TPSA) is 12.5 Å². The molecule has 22 heavy (non-hydrogen) atoms. The molecule has 3 heteroatoms. The molecule has 0 N–H and O–H groups in total. The van der Waals surface area contributed by atoms with E-state index in [1.165, 1.54) is 22.3 Å². The second-order valence-electron chi connectivity index (χ2n) is 5.80. The van der Waals surface area contributed by atoms with Gasteiger partial charge >= 0.3 is 0 Å². The van der Waals surface area contributed by atoms with E-state index in [0.717, 1.165) is 23.2 Å². The summed E-state index contributed by atoms with van der Waals surface area (Å²) >= 11 is 3.54. The molecule has 0 fully saturated rings. The molecule has 1 aliphatic rings. The number of benzene rings is 2. The Morgan fingerprint density at radius 3 is 2.77 bits per heavy atom. The Morgan fingerprint density at radius 1 is 1.14 bits per heavy atom. The summed E-state index contributed by atoms with van der Waals surface area (Å²) in [5.74, 6) is 0.946. The molecule has 0 saturated carbocycles. The molecule has 0 unspecified atom stereocenters. The summed E-state index contributed by atoms with van der Waals surface area (Å²) < 4.78 is 7.08. The van der Waals surface area contributed by atoms with E-state index < -0.39 is 0 Å². The monoisotopic (exact) mass is 357 g/mol. The Kier molecular flexibility index (Phi) is 4.65. The number of fused-ring (bicyclic) bond motifs is 2. The highest BCUT2D eigenvalue weighted by molar-refractivity contribution is 9.10. The van der Waals surface area contributed by atoms with Crippen molar-refractivity contribution in [1.82, 2.24) is 4.90 Å². The van der Waals surface area contributed by atoms with Gasteiger partial charge in [0.1, 0.15) is 12.4 Å². The molecule has 0 amide bonds. The first-order valence-electron chi connectivity index (χ1n) is 7.51. The lowest BCUT2D eigenvalue weighted by molar-refractivity contribution is 0.307. The van der Waals surface area contributed by atoms with Crippen molar-refractivity contribution in [2.45, 2.75) is 13.0 Å². The standard InChI is InChI=1S/C19H20BrNO/c1-21(2)11-5-8-17-16-7-4-3-6-14(16)13-22-19-12-15(20)9-10-18(17)19/h3-4,6-10,12H,5,11,13H2,1-2H3/b17-8-. The molecule has 0 bridgehead atoms. The molecule has 0 spiro atoms. The fraction of sp³-hybridized carbons (Fsp3) is 0.263. The molecule has 0 aromatic heterocycles. The van der Waals surface area contributed by atoms with Crippen LogP contribution in [0.4, 0.5) is 0 Å². The van der Waals surface area contributed by atoms with Gasteiger partial charge in [0.15, 0.2) is 0 Å². The number of hydrogen-bond donors (Lipinski definition) is 0. The van der Waals surface area contributed by atoms with E-state index in [-0.39, 0.29) is 0 Å². The van der Waals surface area contributed by atoms with Crippen molar-refractivity contribution in [3.63, 3.8) is 0 Å². The van der Waals surface area contributed by atoms with Gasteiger partial charge in [0.05, 0.1) is 0 Å². The van der Waals surface area contributed by atoms with Crippen LogP contribution < -0.4 is 4.74 Å². The largest absolute Gasteiger partial charge is 0.488 e. The second-order valence-corrected chi connectivity index (χ2v) is 6.71. The molecule has 1 heterocycles. The van der Waals surface area contributed by atoms with Crippen LogP contribution in [0.2, 0.25) is 0 Å². The minimum Gasteiger partial charge on any atom is -0.488 e. The Balaban J connectivity index is 2.08. The lowest BCUT2D eigenvalue weighted by Gasteiger charge is -2.12. The van der Waals surface area contributed by atoms with Gasteiger partial charge in [-0.1, -0.05) is 46.3 Å². The number of nitrogens with zero attached hydrogens (tertiary/aromatic N) is 1. The first-order chi connectivity index (χ1) is 10.6. The van der Waals surface area contributed by atoms with Crippen molar-refractivity contribution in [3.8, 4) is 5.75 Å². The van der Waals surface area contributed by atoms with Crippen LogP contribution in [0, 0.1) is 0 Å². The molecular formula is C19H20BrNO. The van der Waals surface area contributed by atoms with E-state index in [1.807, 2.05) is 0 Å². The van der Waals surface area contributed by atoms with Crippen LogP contribution in [-0.2, 0) is 6.61 Å². The Labute approximate surface area is 140 Å². The Hall–Kier alpha value is -1.58. The first kappa shape index (κ1) is 15.3. The minimum absolute atomic E-state index is 0.616. The van der Waals surface area contributed by atoms with Crippen LogP contribution >= 0.6 is 15.9 Å². The lowest BCUT2D eigenvalue weighted by atomic mass is 9.93. The zero-order valence-corrected chi connectivity index (χ0v) is 14.6. The summed E-state index contributed by atoms with van der Waals surface area (Å²) in [6, 6.07) is 14.8. The molecule has 0 aliphatic carbocycles. The van der Waals surface area contributed by atoms with Gasteiger partial charge in [-0.2, -0.15) is 0 Å². The van der Waals surface area contributed by atoms with E-state index >= 15 is 0 Å². The maximum Gasteiger partial charge on any atom is 0.128 e. The molecule has 2 aromatic rings. The normalized spacial score (nSPS) is 15.2. The van der Waals surface area contributed by atoms with Gasteiger partial charge in [-0.05, 0) is 55.4 Å². The predicted octanol–water partition coefficient (Wildman–Crippen LogP) is 4.72. The van der Waals surface area contributed by atoms with Crippen molar-refractivity contribution in [3.05, 3.63) is 69.7 Å². The van der Waals surface area contributed by atoms with Gasteiger partial charge in [-0.15, -0.1) is 0 Å². The van der Waals surface area contributed by atoms with Crippen LogP contribution in [0.25, 0.3) is 5.57 Å². The van der Waals surface area contributed by atoms with Crippen molar-refractivity contribution >= 4 is 21.5 Å². The van der Waals surface area contributed by atoms with E-state index in [2.05, 4.69) is 83.5 Å². The smallest absolute Gasteiger partial charge is 0.128 e. The van der Waals surface area contributed by atoms with E-state index in [4.69, 9.17) is 4.74 Å². The average molecular weight is 358 g/mol. The SMILES string of the molecule is CN(C)CC/C=C1/c2ccccc2COc2cc(Br)ccc21. The third kappa shape index (κ3) is 3.26. The van der Waals surface area contributed by atoms with Gasteiger partial charge in [0, 0.05) is 16.6 Å². The third-order valence-corrected chi connectivity index (χ3v) is 4.34. The summed E-state index contributed by atoms with van der Waals surface area (Å²) in [6.45, 7) is 1.66. The Bertz CT molecular complexity index is 706. The summed E-state index contributed by atoms with van der Waals surface area (Å²) in [6.07, 6.45) is 3.35. The average Bonchev–Trinajstić information content (AvgIpc) is 2.64. The number of halogens is 1. The highest BCUT2D eigenvalue weighted by atomic mass is 79.9. The van der Waals surface area contributed by atoms with Crippen LogP contribution in [0.1, 0.15) is 23.1 Å².